The van der Waals surface area contributed by atoms with Crippen molar-refractivity contribution in [3.63, 3.8) is 0 Å². The van der Waals surface area contributed by atoms with Crippen molar-refractivity contribution in [3.8, 4) is 0 Å². The van der Waals surface area contributed by atoms with Crippen LogP contribution in [-0.2, 0) is 20.8 Å². The SMILES string of the molecule is CC(=O)Cc1ccc(/C=C/C(=O)N2CCC=CC2=O)cc1. The van der Waals surface area contributed by atoms with Crippen molar-refractivity contribution in [1.29, 1.82) is 0 Å². The zero-order chi connectivity index (χ0) is 15.2. The van der Waals surface area contributed by atoms with E-state index in [1.165, 1.54) is 17.1 Å². The zero-order valence-corrected chi connectivity index (χ0v) is 11.9. The van der Waals surface area contributed by atoms with Crippen molar-refractivity contribution in [3.05, 3.63) is 53.6 Å². The lowest BCUT2D eigenvalue weighted by Crippen LogP contribution is -2.37. The van der Waals surface area contributed by atoms with E-state index in [2.05, 4.69) is 0 Å². The van der Waals surface area contributed by atoms with Crippen molar-refractivity contribution in [2.45, 2.75) is 19.8 Å². The van der Waals surface area contributed by atoms with E-state index < -0.39 is 0 Å². The summed E-state index contributed by atoms with van der Waals surface area (Å²) in [5.74, 6) is -0.463. The number of imide groups is 1. The Morgan fingerprint density at radius 2 is 1.95 bits per heavy atom. The fraction of sp³-hybridized carbons (Fsp3) is 0.235. The molecule has 0 N–H and O–H groups in total. The summed E-state index contributed by atoms with van der Waals surface area (Å²) in [5, 5.41) is 0. The summed E-state index contributed by atoms with van der Waals surface area (Å²) in [6, 6.07) is 7.42. The highest BCUT2D eigenvalue weighted by atomic mass is 16.2. The number of Topliss-reactive ketones (excluding diaryl/α,β-unsaturated/α-hetero) is 1. The van der Waals surface area contributed by atoms with Gasteiger partial charge in [-0.25, -0.2) is 0 Å². The molecule has 0 aromatic heterocycles. The van der Waals surface area contributed by atoms with Crippen LogP contribution in [0.4, 0.5) is 0 Å². The molecule has 1 aromatic carbocycles. The fourth-order valence-electron chi connectivity index (χ4n) is 2.10. The standard InChI is InChI=1S/C17H17NO3/c1-13(19)12-15-7-5-14(6-8-15)9-10-17(21)18-11-3-2-4-16(18)20/h2,4-10H,3,11-12H2,1H3/b10-9+. The summed E-state index contributed by atoms with van der Waals surface area (Å²) in [7, 11) is 0. The number of benzene rings is 1. The van der Waals surface area contributed by atoms with Crippen LogP contribution < -0.4 is 0 Å². The van der Waals surface area contributed by atoms with Gasteiger partial charge in [0.1, 0.15) is 5.78 Å². The Morgan fingerprint density at radius 1 is 1.24 bits per heavy atom. The van der Waals surface area contributed by atoms with E-state index in [-0.39, 0.29) is 17.6 Å². The first-order chi connectivity index (χ1) is 10.1. The van der Waals surface area contributed by atoms with E-state index in [0.29, 0.717) is 19.4 Å². The number of amides is 2. The van der Waals surface area contributed by atoms with E-state index >= 15 is 0 Å². The number of rotatable bonds is 4. The summed E-state index contributed by atoms with van der Waals surface area (Å²) < 4.78 is 0. The molecule has 1 heterocycles. The van der Waals surface area contributed by atoms with Crippen molar-refractivity contribution < 1.29 is 14.4 Å². The third-order valence-electron chi connectivity index (χ3n) is 3.16. The molecule has 21 heavy (non-hydrogen) atoms. The first-order valence-corrected chi connectivity index (χ1v) is 6.85. The molecule has 0 radical (unpaired) electrons. The molecule has 1 aliphatic heterocycles. The number of hydrogen-bond donors (Lipinski definition) is 0. The molecule has 0 saturated carbocycles. The molecule has 108 valence electrons. The van der Waals surface area contributed by atoms with E-state index in [1.54, 1.807) is 19.1 Å². The first kappa shape index (κ1) is 14.9. The molecule has 4 nitrogen and oxygen atoms in total. The molecule has 0 spiro atoms. The van der Waals surface area contributed by atoms with E-state index in [9.17, 15) is 14.4 Å². The van der Waals surface area contributed by atoms with E-state index in [4.69, 9.17) is 0 Å². The molecular formula is C17H17NO3. The molecule has 0 aliphatic carbocycles. The molecule has 0 bridgehead atoms. The Kier molecular flexibility index (Phi) is 4.82. The van der Waals surface area contributed by atoms with Crippen LogP contribution in [0.1, 0.15) is 24.5 Å². The molecular weight excluding hydrogens is 266 g/mol. The summed E-state index contributed by atoms with van der Waals surface area (Å²) in [6.45, 7) is 1.98. The van der Waals surface area contributed by atoms with E-state index in [1.807, 2.05) is 24.3 Å². The molecule has 1 aliphatic rings. The highest BCUT2D eigenvalue weighted by Crippen LogP contribution is 2.09. The minimum Gasteiger partial charge on any atom is -0.300 e. The number of carbonyl (C=O) groups is 3. The lowest BCUT2D eigenvalue weighted by molar-refractivity contribution is -0.139. The highest BCUT2D eigenvalue weighted by molar-refractivity contribution is 6.06. The molecule has 0 fully saturated rings. The second-order valence-corrected chi connectivity index (χ2v) is 4.97. The minimum atomic E-state index is -0.308. The van der Waals surface area contributed by atoms with Crippen LogP contribution in [0.15, 0.2) is 42.5 Å². The van der Waals surface area contributed by atoms with Crippen LogP contribution in [0.2, 0.25) is 0 Å². The third kappa shape index (κ3) is 4.24. The summed E-state index contributed by atoms with van der Waals surface area (Å²) >= 11 is 0. The van der Waals surface area contributed by atoms with Gasteiger partial charge in [0.2, 0.25) is 0 Å². The molecule has 0 atom stereocenters. The summed E-state index contributed by atoms with van der Waals surface area (Å²) in [4.78, 5) is 35.7. The van der Waals surface area contributed by atoms with Gasteiger partial charge in [0.05, 0.1) is 0 Å². The van der Waals surface area contributed by atoms with Gasteiger partial charge in [-0.15, -0.1) is 0 Å². The molecule has 4 heteroatoms. The Balaban J connectivity index is 2.00. The van der Waals surface area contributed by atoms with Crippen LogP contribution in [0, 0.1) is 0 Å². The molecule has 0 unspecified atom stereocenters. The minimum absolute atomic E-state index is 0.116. The average molecular weight is 283 g/mol. The third-order valence-corrected chi connectivity index (χ3v) is 3.16. The molecule has 2 rings (SSSR count). The van der Waals surface area contributed by atoms with Gasteiger partial charge >= 0.3 is 0 Å². The predicted octanol–water partition coefficient (Wildman–Crippen LogP) is 2.15. The number of carbonyl (C=O) groups excluding carboxylic acids is 3. The van der Waals surface area contributed by atoms with Gasteiger partial charge in [0, 0.05) is 19.0 Å². The number of nitrogens with zero attached hydrogens (tertiary/aromatic N) is 1. The van der Waals surface area contributed by atoms with Crippen molar-refractivity contribution in [2.24, 2.45) is 0 Å². The highest BCUT2D eigenvalue weighted by Gasteiger charge is 2.18. The van der Waals surface area contributed by atoms with Crippen LogP contribution >= 0.6 is 0 Å². The van der Waals surface area contributed by atoms with Crippen molar-refractivity contribution >= 4 is 23.7 Å². The quantitative estimate of drug-likeness (QED) is 0.796. The average Bonchev–Trinajstić information content (AvgIpc) is 2.46. The molecule has 2 amide bonds. The van der Waals surface area contributed by atoms with Gasteiger partial charge in [-0.2, -0.15) is 0 Å². The predicted molar refractivity (Wildman–Crippen MR) is 80.3 cm³/mol. The van der Waals surface area contributed by atoms with Crippen LogP contribution in [0.3, 0.4) is 0 Å². The van der Waals surface area contributed by atoms with Gasteiger partial charge < -0.3 is 0 Å². The fourth-order valence-corrected chi connectivity index (χ4v) is 2.10. The second-order valence-electron chi connectivity index (χ2n) is 4.97. The molecule has 1 aromatic rings. The largest absolute Gasteiger partial charge is 0.300 e. The topological polar surface area (TPSA) is 54.5 Å². The second kappa shape index (κ2) is 6.79. The van der Waals surface area contributed by atoms with Gasteiger partial charge in [-0.3, -0.25) is 19.3 Å². The van der Waals surface area contributed by atoms with Gasteiger partial charge in [-0.1, -0.05) is 30.3 Å². The van der Waals surface area contributed by atoms with Crippen LogP contribution in [-0.4, -0.2) is 29.0 Å². The van der Waals surface area contributed by atoms with Crippen molar-refractivity contribution in [2.75, 3.05) is 6.54 Å². The smallest absolute Gasteiger partial charge is 0.253 e. The maximum Gasteiger partial charge on any atom is 0.253 e. The number of ketones is 1. The Labute approximate surface area is 123 Å². The molecule has 0 saturated heterocycles. The summed E-state index contributed by atoms with van der Waals surface area (Å²) in [5.41, 5.74) is 1.80. The summed E-state index contributed by atoms with van der Waals surface area (Å²) in [6.07, 6.45) is 7.38. The van der Waals surface area contributed by atoms with Gasteiger partial charge in [0.15, 0.2) is 0 Å². The lowest BCUT2D eigenvalue weighted by Gasteiger charge is -2.19. The van der Waals surface area contributed by atoms with Gasteiger partial charge in [0.25, 0.3) is 11.8 Å². The van der Waals surface area contributed by atoms with Crippen LogP contribution in [0.25, 0.3) is 6.08 Å². The zero-order valence-electron chi connectivity index (χ0n) is 11.9. The lowest BCUT2D eigenvalue weighted by atomic mass is 10.1. The number of hydrogen-bond acceptors (Lipinski definition) is 3. The van der Waals surface area contributed by atoms with Crippen LogP contribution in [0.5, 0.6) is 0 Å². The van der Waals surface area contributed by atoms with Gasteiger partial charge in [-0.05, 0) is 36.6 Å². The first-order valence-electron chi connectivity index (χ1n) is 6.85. The maximum absolute atomic E-state index is 11.9. The maximum atomic E-state index is 11.9. The van der Waals surface area contributed by atoms with E-state index in [0.717, 1.165) is 11.1 Å². The Hall–Kier alpha value is -2.49. The monoisotopic (exact) mass is 283 g/mol. The Morgan fingerprint density at radius 3 is 2.57 bits per heavy atom. The normalized spacial score (nSPS) is 14.7. The van der Waals surface area contributed by atoms with Crippen molar-refractivity contribution in [1.82, 2.24) is 4.90 Å². The Bertz CT molecular complexity index is 611.